The quantitative estimate of drug-likeness (QED) is 0.0535. The van der Waals surface area contributed by atoms with Crippen molar-refractivity contribution in [1.82, 2.24) is 0 Å². The molecule has 0 radical (unpaired) electrons. The van der Waals surface area contributed by atoms with Crippen molar-refractivity contribution in [1.29, 1.82) is 0 Å². The van der Waals surface area contributed by atoms with Crippen LogP contribution in [0.25, 0.3) is 0 Å². The van der Waals surface area contributed by atoms with Crippen LogP contribution < -0.4 is 0 Å². The minimum absolute atomic E-state index is 0.189. The van der Waals surface area contributed by atoms with E-state index in [1.54, 1.807) is 28.4 Å². The van der Waals surface area contributed by atoms with Gasteiger partial charge in [0.1, 0.15) is 24.4 Å². The second kappa shape index (κ2) is 21.2. The molecule has 0 aromatic rings. The van der Waals surface area contributed by atoms with Gasteiger partial charge in [0.05, 0.1) is 52.9 Å². The zero-order valence-electron chi connectivity index (χ0n) is 30.6. The van der Waals surface area contributed by atoms with Gasteiger partial charge in [0.2, 0.25) is 0 Å². The Morgan fingerprint density at radius 1 is 0.429 bits per heavy atom. The van der Waals surface area contributed by atoms with E-state index in [1.165, 1.54) is 0 Å². The molecule has 49 heavy (non-hydrogen) atoms. The third-order valence-electron chi connectivity index (χ3n) is 8.75. The van der Waals surface area contributed by atoms with E-state index in [4.69, 9.17) is 67.9 Å². The van der Waals surface area contributed by atoms with Crippen molar-refractivity contribution in [3.05, 3.63) is 0 Å². The second-order valence-corrected chi connectivity index (χ2v) is 26.6. The first-order chi connectivity index (χ1) is 23.7. The van der Waals surface area contributed by atoms with Gasteiger partial charge in [0, 0.05) is 67.0 Å². The summed E-state index contributed by atoms with van der Waals surface area (Å²) in [4.78, 5) is 0. The van der Waals surface area contributed by atoms with Gasteiger partial charge in [-0.05, 0) is 50.9 Å². The SMILES string of the molecule is CO[Si](C)(CCCOCC1CO1)O[Si](CCCOCC1CO1)(OC)O[Si](CCCOCC1CO1)(OC)O[Si](C)(CCCOCC1CO1)OC. The molecule has 0 aromatic carbocycles. The Kier molecular flexibility index (Phi) is 18.2. The molecule has 0 N–H and O–H groups in total. The molecule has 19 heteroatoms. The summed E-state index contributed by atoms with van der Waals surface area (Å²) in [6.07, 6.45) is 3.70. The summed E-state index contributed by atoms with van der Waals surface area (Å²) in [5, 5.41) is 0. The number of hydrogen-bond acceptors (Lipinski definition) is 15. The molecule has 8 unspecified atom stereocenters. The van der Waals surface area contributed by atoms with E-state index in [0.717, 1.165) is 39.3 Å². The summed E-state index contributed by atoms with van der Waals surface area (Å²) < 4.78 is 90.8. The Morgan fingerprint density at radius 3 is 0.959 bits per heavy atom. The van der Waals surface area contributed by atoms with Crippen LogP contribution in [0, 0.1) is 0 Å². The molecule has 0 saturated carbocycles. The van der Waals surface area contributed by atoms with Crippen LogP contribution in [0.2, 0.25) is 37.3 Å². The van der Waals surface area contributed by atoms with Gasteiger partial charge in [-0.3, -0.25) is 0 Å². The Hall–Kier alpha value is 0.268. The van der Waals surface area contributed by atoms with Crippen LogP contribution in [0.15, 0.2) is 0 Å². The summed E-state index contributed by atoms with van der Waals surface area (Å²) in [6.45, 7) is 11.7. The Labute approximate surface area is 297 Å². The first-order valence-corrected chi connectivity index (χ1v) is 26.7. The number of ether oxygens (including phenoxy) is 8. The van der Waals surface area contributed by atoms with E-state index in [1.807, 2.05) is 13.1 Å². The Bertz CT molecular complexity index is 849. The van der Waals surface area contributed by atoms with E-state index in [0.29, 0.717) is 89.9 Å². The highest BCUT2D eigenvalue weighted by molar-refractivity contribution is 6.85. The highest BCUT2D eigenvalue weighted by Crippen LogP contribution is 2.34. The lowest BCUT2D eigenvalue weighted by Gasteiger charge is -2.43. The van der Waals surface area contributed by atoms with E-state index in [-0.39, 0.29) is 24.4 Å². The summed E-state index contributed by atoms with van der Waals surface area (Å²) in [7, 11) is -5.97. The summed E-state index contributed by atoms with van der Waals surface area (Å²) in [6, 6.07) is 2.38. The molecule has 4 heterocycles. The van der Waals surface area contributed by atoms with Crippen LogP contribution >= 0.6 is 0 Å². The summed E-state index contributed by atoms with van der Waals surface area (Å²) in [5.41, 5.74) is 0. The maximum atomic E-state index is 7.18. The summed E-state index contributed by atoms with van der Waals surface area (Å²) >= 11 is 0. The monoisotopic (exact) mass is 774 g/mol. The highest BCUT2D eigenvalue weighted by Gasteiger charge is 2.58. The number of hydrogen-bond donors (Lipinski definition) is 0. The molecule has 0 amide bonds. The molecule has 0 aliphatic carbocycles. The minimum Gasteiger partial charge on any atom is -0.398 e. The third-order valence-corrected chi connectivity index (χ3v) is 24.6. The van der Waals surface area contributed by atoms with E-state index < -0.39 is 34.7 Å². The van der Waals surface area contributed by atoms with Crippen molar-refractivity contribution in [3.63, 3.8) is 0 Å². The molecule has 0 bridgehead atoms. The first kappa shape index (κ1) is 42.0. The normalized spacial score (nSPS) is 27.6. The lowest BCUT2D eigenvalue weighted by atomic mass is 10.5. The van der Waals surface area contributed by atoms with Gasteiger partial charge >= 0.3 is 34.7 Å². The topological polar surface area (TPSA) is 152 Å². The summed E-state index contributed by atoms with van der Waals surface area (Å²) in [5.74, 6) is 0. The lowest BCUT2D eigenvalue weighted by Crippen LogP contribution is -2.65. The van der Waals surface area contributed by atoms with Gasteiger partial charge in [-0.1, -0.05) is 0 Å². The maximum absolute atomic E-state index is 7.18. The molecular weight excluding hydrogens is 713 g/mol. The van der Waals surface area contributed by atoms with Crippen LogP contribution in [-0.4, -0.2) is 167 Å². The third kappa shape index (κ3) is 16.9. The molecule has 4 saturated heterocycles. The Morgan fingerprint density at radius 2 is 0.714 bits per heavy atom. The maximum Gasteiger partial charge on any atom is 0.484 e. The van der Waals surface area contributed by atoms with Crippen molar-refractivity contribution >= 4 is 34.7 Å². The predicted molar refractivity (Wildman–Crippen MR) is 186 cm³/mol. The average molecular weight is 775 g/mol. The van der Waals surface area contributed by atoms with E-state index >= 15 is 0 Å². The number of rotatable bonds is 34. The van der Waals surface area contributed by atoms with Crippen molar-refractivity contribution < 1.29 is 67.9 Å². The molecule has 0 spiro atoms. The van der Waals surface area contributed by atoms with Crippen molar-refractivity contribution in [2.45, 2.75) is 87.4 Å². The second-order valence-electron chi connectivity index (χ2n) is 13.3. The van der Waals surface area contributed by atoms with Crippen molar-refractivity contribution in [2.24, 2.45) is 0 Å². The fourth-order valence-corrected chi connectivity index (χ4v) is 21.4. The largest absolute Gasteiger partial charge is 0.484 e. The standard InChI is InChI=1S/C30H62O15Si4/c1-31-46(5,15-7-11-35-19-27-23-39-27)43-48(33-3,17-9-13-37-21-29-25-41-29)45-49(34-4,18-10-14-38-22-30-26-42-30)44-47(6,32-2)16-8-12-36-20-28-24-40-28/h27-30H,7-26H2,1-6H3. The van der Waals surface area contributed by atoms with Gasteiger partial charge in [0.25, 0.3) is 0 Å². The molecular formula is C30H62O15Si4. The van der Waals surface area contributed by atoms with Gasteiger partial charge in [-0.25, -0.2) is 0 Å². The minimum atomic E-state index is -3.52. The van der Waals surface area contributed by atoms with E-state index in [2.05, 4.69) is 0 Å². The molecule has 4 rings (SSSR count). The highest BCUT2D eigenvalue weighted by atomic mass is 28.5. The lowest BCUT2D eigenvalue weighted by molar-refractivity contribution is 0.0854. The predicted octanol–water partition coefficient (Wildman–Crippen LogP) is 2.87. The molecule has 8 atom stereocenters. The Balaban J connectivity index is 1.46. The fraction of sp³-hybridized carbons (Fsp3) is 1.00. The van der Waals surface area contributed by atoms with Gasteiger partial charge in [-0.2, -0.15) is 0 Å². The molecule has 4 aliphatic rings. The molecule has 4 fully saturated rings. The van der Waals surface area contributed by atoms with Gasteiger partial charge < -0.3 is 67.9 Å². The van der Waals surface area contributed by atoms with Gasteiger partial charge in [0.15, 0.2) is 0 Å². The van der Waals surface area contributed by atoms with Crippen LogP contribution in [-0.2, 0) is 67.9 Å². The smallest absolute Gasteiger partial charge is 0.398 e. The van der Waals surface area contributed by atoms with Crippen LogP contribution in [0.4, 0.5) is 0 Å². The fourth-order valence-electron chi connectivity index (χ4n) is 5.19. The van der Waals surface area contributed by atoms with Crippen molar-refractivity contribution in [2.75, 3.05) is 108 Å². The van der Waals surface area contributed by atoms with E-state index in [9.17, 15) is 0 Å². The molecule has 4 aliphatic heterocycles. The molecule has 15 nitrogen and oxygen atoms in total. The molecule has 288 valence electrons. The van der Waals surface area contributed by atoms with Crippen LogP contribution in [0.1, 0.15) is 25.7 Å². The zero-order valence-corrected chi connectivity index (χ0v) is 34.6. The van der Waals surface area contributed by atoms with Crippen LogP contribution in [0.3, 0.4) is 0 Å². The van der Waals surface area contributed by atoms with Crippen molar-refractivity contribution in [3.8, 4) is 0 Å². The number of epoxide rings is 4. The van der Waals surface area contributed by atoms with Crippen LogP contribution in [0.5, 0.6) is 0 Å². The average Bonchev–Trinajstić information content (AvgIpc) is 3.87. The first-order valence-electron chi connectivity index (χ1n) is 17.8. The zero-order chi connectivity index (χ0) is 35.1. The van der Waals surface area contributed by atoms with Gasteiger partial charge in [-0.15, -0.1) is 0 Å². The molecule has 0 aromatic heterocycles.